The first-order chi connectivity index (χ1) is 14.4. The van der Waals surface area contributed by atoms with Crippen molar-refractivity contribution in [1.29, 1.82) is 0 Å². The zero-order valence-corrected chi connectivity index (χ0v) is 17.3. The number of nitrogens with zero attached hydrogens (tertiary/aromatic N) is 4. The van der Waals surface area contributed by atoms with E-state index in [1.807, 2.05) is 11.5 Å². The van der Waals surface area contributed by atoms with Crippen LogP contribution in [0.5, 0.6) is 11.6 Å². The number of imidazole rings is 1. The van der Waals surface area contributed by atoms with Gasteiger partial charge in [0.1, 0.15) is 23.7 Å². The van der Waals surface area contributed by atoms with Crippen molar-refractivity contribution < 1.29 is 13.2 Å². The first kappa shape index (κ1) is 19.9. The zero-order valence-electron chi connectivity index (χ0n) is 15.7. The van der Waals surface area contributed by atoms with Gasteiger partial charge in [0.2, 0.25) is 5.88 Å². The Labute approximate surface area is 178 Å². The zero-order chi connectivity index (χ0) is 21.1. The molecule has 2 aromatic carbocycles. The molecule has 0 bridgehead atoms. The molecule has 0 radical (unpaired) electrons. The van der Waals surface area contributed by atoms with Gasteiger partial charge >= 0.3 is 0 Å². The molecule has 0 aliphatic rings. The third kappa shape index (κ3) is 4.42. The number of sulfonamides is 1. The minimum atomic E-state index is -3.72. The van der Waals surface area contributed by atoms with Crippen molar-refractivity contribution in [2.75, 3.05) is 4.72 Å². The van der Waals surface area contributed by atoms with Gasteiger partial charge in [-0.2, -0.15) is 0 Å². The number of anilines is 1. The van der Waals surface area contributed by atoms with Crippen LogP contribution in [0.4, 0.5) is 5.69 Å². The van der Waals surface area contributed by atoms with E-state index in [-0.39, 0.29) is 4.90 Å². The van der Waals surface area contributed by atoms with Gasteiger partial charge in [-0.15, -0.1) is 0 Å². The monoisotopic (exact) mass is 441 g/mol. The molecule has 30 heavy (non-hydrogen) atoms. The van der Waals surface area contributed by atoms with E-state index in [2.05, 4.69) is 19.7 Å². The fourth-order valence-corrected chi connectivity index (χ4v) is 3.86. The number of nitrogens with one attached hydrogen (secondary N) is 1. The second-order valence-corrected chi connectivity index (χ2v) is 8.36. The second kappa shape index (κ2) is 8.13. The van der Waals surface area contributed by atoms with E-state index in [4.69, 9.17) is 16.3 Å². The number of hydrogen-bond acceptors (Lipinski definition) is 6. The fraction of sp³-hybridized carbons (Fsp3) is 0.0500. The number of rotatable bonds is 6. The molecule has 0 saturated heterocycles. The van der Waals surface area contributed by atoms with Gasteiger partial charge in [-0.1, -0.05) is 11.6 Å². The summed E-state index contributed by atoms with van der Waals surface area (Å²) in [7, 11) is -3.72. The average Bonchev–Trinajstić information content (AvgIpc) is 3.16. The maximum Gasteiger partial charge on any atom is 0.261 e. The number of ether oxygens (including phenoxy) is 1. The second-order valence-electron chi connectivity index (χ2n) is 6.24. The Morgan fingerprint density at radius 2 is 1.73 bits per heavy atom. The van der Waals surface area contributed by atoms with E-state index >= 15 is 0 Å². The summed E-state index contributed by atoms with van der Waals surface area (Å²) < 4.78 is 35.0. The predicted octanol–water partition coefficient (Wildman–Crippen LogP) is 4.22. The minimum absolute atomic E-state index is 0.121. The van der Waals surface area contributed by atoms with Crippen LogP contribution >= 0.6 is 11.6 Å². The lowest BCUT2D eigenvalue weighted by atomic mass is 10.3. The minimum Gasteiger partial charge on any atom is -0.439 e. The Kier molecular flexibility index (Phi) is 5.39. The lowest BCUT2D eigenvalue weighted by molar-refractivity contribution is 0.461. The average molecular weight is 442 g/mol. The van der Waals surface area contributed by atoms with Gasteiger partial charge in [0.25, 0.3) is 10.0 Å². The molecule has 0 fully saturated rings. The van der Waals surface area contributed by atoms with Gasteiger partial charge in [-0.25, -0.2) is 23.4 Å². The van der Waals surface area contributed by atoms with E-state index in [0.29, 0.717) is 28.2 Å². The molecule has 4 aromatic rings. The van der Waals surface area contributed by atoms with Gasteiger partial charge in [-0.3, -0.25) is 9.29 Å². The van der Waals surface area contributed by atoms with Gasteiger partial charge in [0.05, 0.1) is 4.90 Å². The highest BCUT2D eigenvalue weighted by Crippen LogP contribution is 2.24. The molecule has 2 aromatic heterocycles. The Balaban J connectivity index is 1.48. The smallest absolute Gasteiger partial charge is 0.261 e. The summed E-state index contributed by atoms with van der Waals surface area (Å²) >= 11 is 5.81. The van der Waals surface area contributed by atoms with Crippen LogP contribution in [0.1, 0.15) is 5.82 Å². The number of halogens is 1. The maximum absolute atomic E-state index is 12.5. The quantitative estimate of drug-likeness (QED) is 0.481. The molecular weight excluding hydrogens is 426 g/mol. The van der Waals surface area contributed by atoms with Crippen molar-refractivity contribution in [1.82, 2.24) is 19.5 Å². The van der Waals surface area contributed by atoms with Crippen molar-refractivity contribution in [3.8, 4) is 17.4 Å². The van der Waals surface area contributed by atoms with Crippen molar-refractivity contribution in [3.05, 3.63) is 84.2 Å². The van der Waals surface area contributed by atoms with Crippen LogP contribution in [0, 0.1) is 6.92 Å². The highest BCUT2D eigenvalue weighted by molar-refractivity contribution is 7.92. The Bertz CT molecular complexity index is 1270. The third-order valence-corrected chi connectivity index (χ3v) is 5.80. The molecule has 0 unspecified atom stereocenters. The topological polar surface area (TPSA) is 99.0 Å². The van der Waals surface area contributed by atoms with Crippen LogP contribution in [-0.4, -0.2) is 27.9 Å². The molecule has 0 spiro atoms. The summed E-state index contributed by atoms with van der Waals surface area (Å²) in [5, 5.41) is 0.464. The van der Waals surface area contributed by atoms with Crippen LogP contribution in [0.2, 0.25) is 5.02 Å². The number of aromatic nitrogens is 4. The molecule has 0 aliphatic carbocycles. The maximum atomic E-state index is 12.5. The summed E-state index contributed by atoms with van der Waals surface area (Å²) in [5.74, 6) is 2.26. The Morgan fingerprint density at radius 1 is 1.00 bits per heavy atom. The molecule has 0 amide bonds. The first-order valence-electron chi connectivity index (χ1n) is 8.79. The van der Waals surface area contributed by atoms with Gasteiger partial charge in [0, 0.05) is 29.2 Å². The first-order valence-corrected chi connectivity index (χ1v) is 10.7. The molecule has 0 aliphatic heterocycles. The van der Waals surface area contributed by atoms with Crippen LogP contribution in [0.3, 0.4) is 0 Å². The molecule has 4 rings (SSSR count). The molecule has 8 nitrogen and oxygen atoms in total. The normalized spacial score (nSPS) is 11.3. The largest absolute Gasteiger partial charge is 0.439 e. The van der Waals surface area contributed by atoms with Crippen LogP contribution in [-0.2, 0) is 10.0 Å². The van der Waals surface area contributed by atoms with Crippen molar-refractivity contribution >= 4 is 27.3 Å². The van der Waals surface area contributed by atoms with Crippen LogP contribution in [0.25, 0.3) is 5.82 Å². The van der Waals surface area contributed by atoms with E-state index in [1.165, 1.54) is 30.6 Å². The third-order valence-electron chi connectivity index (χ3n) is 4.15. The highest BCUT2D eigenvalue weighted by Gasteiger charge is 2.14. The number of benzene rings is 2. The Hall–Kier alpha value is -3.43. The highest BCUT2D eigenvalue weighted by atomic mass is 35.5. The molecule has 0 atom stereocenters. The van der Waals surface area contributed by atoms with Gasteiger partial charge < -0.3 is 4.74 Å². The summed E-state index contributed by atoms with van der Waals surface area (Å²) in [4.78, 5) is 12.6. The SMILES string of the molecule is Cc1nccn1-c1cc(Oc2ccc(NS(=O)(=O)c3ccc(Cl)cc3)cc2)ncn1. The number of aryl methyl sites for hydroxylation is 1. The van der Waals surface area contributed by atoms with Crippen LogP contribution < -0.4 is 9.46 Å². The Morgan fingerprint density at radius 3 is 2.40 bits per heavy atom. The molecule has 152 valence electrons. The van der Waals surface area contributed by atoms with E-state index in [1.54, 1.807) is 42.7 Å². The van der Waals surface area contributed by atoms with Gasteiger partial charge in [0.15, 0.2) is 0 Å². The summed E-state index contributed by atoms with van der Waals surface area (Å²) in [6.45, 7) is 1.87. The predicted molar refractivity (Wildman–Crippen MR) is 113 cm³/mol. The molecule has 2 heterocycles. The van der Waals surface area contributed by atoms with E-state index < -0.39 is 10.0 Å². The van der Waals surface area contributed by atoms with Crippen LogP contribution in [0.15, 0.2) is 78.2 Å². The fourth-order valence-electron chi connectivity index (χ4n) is 2.68. The molecule has 1 N–H and O–H groups in total. The summed E-state index contributed by atoms with van der Waals surface area (Å²) in [6.07, 6.45) is 4.88. The van der Waals surface area contributed by atoms with E-state index in [0.717, 1.165) is 5.82 Å². The molecule has 0 saturated carbocycles. The molecular formula is C20H16ClN5O3S. The lowest BCUT2D eigenvalue weighted by Crippen LogP contribution is -2.12. The van der Waals surface area contributed by atoms with Crippen molar-refractivity contribution in [2.24, 2.45) is 0 Å². The standard InChI is InChI=1S/C20H16ClN5O3S/c1-14-22-10-11-26(14)19-12-20(24-13-23-19)29-17-6-4-16(5-7-17)25-30(27,28)18-8-2-15(21)3-9-18/h2-13,25H,1H3. The summed E-state index contributed by atoms with van der Waals surface area (Å²) in [6, 6.07) is 14.1. The summed E-state index contributed by atoms with van der Waals surface area (Å²) in [5.41, 5.74) is 0.398. The van der Waals surface area contributed by atoms with Crippen molar-refractivity contribution in [3.63, 3.8) is 0 Å². The molecule has 10 heteroatoms. The van der Waals surface area contributed by atoms with E-state index in [9.17, 15) is 8.42 Å². The lowest BCUT2D eigenvalue weighted by Gasteiger charge is -2.10. The van der Waals surface area contributed by atoms with Gasteiger partial charge in [-0.05, 0) is 55.5 Å². The van der Waals surface area contributed by atoms with Crippen molar-refractivity contribution in [2.45, 2.75) is 11.8 Å². The number of hydrogen-bond donors (Lipinski definition) is 1.